The molecule has 0 spiro atoms. The van der Waals surface area contributed by atoms with Crippen molar-refractivity contribution < 1.29 is 17.6 Å². The fourth-order valence-corrected chi connectivity index (χ4v) is 1.90. The molecule has 2 nitrogen and oxygen atoms in total. The first-order valence-electron chi connectivity index (χ1n) is 6.07. The molecule has 1 aromatic carbocycles. The minimum atomic E-state index is -4.29. The molecule has 0 aliphatic rings. The normalized spacial score (nSPS) is 13.4. The topological polar surface area (TPSA) is 15.3 Å². The highest BCUT2D eigenvalue weighted by Gasteiger charge is 2.31. The van der Waals surface area contributed by atoms with Gasteiger partial charge in [0.05, 0.1) is 0 Å². The Bertz CT molecular complexity index is 418. The Kier molecular flexibility index (Phi) is 5.17. The third-order valence-electron chi connectivity index (χ3n) is 2.98. The quantitative estimate of drug-likeness (QED) is 0.829. The first-order valence-corrected chi connectivity index (χ1v) is 6.07. The maximum atomic E-state index is 13.3. The van der Waals surface area contributed by atoms with Crippen molar-refractivity contribution in [3.05, 3.63) is 29.6 Å². The molecular formula is C13H18F4N2. The Morgan fingerprint density at radius 2 is 1.95 bits per heavy atom. The zero-order valence-electron chi connectivity index (χ0n) is 11.2. The molecule has 1 atom stereocenters. The van der Waals surface area contributed by atoms with Crippen molar-refractivity contribution in [1.82, 2.24) is 5.32 Å². The lowest BCUT2D eigenvalue weighted by molar-refractivity contribution is -0.119. The third-order valence-corrected chi connectivity index (χ3v) is 2.98. The van der Waals surface area contributed by atoms with E-state index in [2.05, 4.69) is 5.32 Å². The summed E-state index contributed by atoms with van der Waals surface area (Å²) < 4.78 is 50.9. The van der Waals surface area contributed by atoms with E-state index in [-0.39, 0.29) is 12.6 Å². The van der Waals surface area contributed by atoms with Gasteiger partial charge in [-0.25, -0.2) is 4.39 Å². The highest BCUT2D eigenvalue weighted by molar-refractivity contribution is 5.55. The number of benzene rings is 1. The van der Waals surface area contributed by atoms with Gasteiger partial charge in [0.15, 0.2) is 0 Å². The summed E-state index contributed by atoms with van der Waals surface area (Å²) >= 11 is 0. The zero-order valence-corrected chi connectivity index (χ0v) is 11.2. The predicted molar refractivity (Wildman–Crippen MR) is 67.8 cm³/mol. The highest BCUT2D eigenvalue weighted by atomic mass is 19.4. The van der Waals surface area contributed by atoms with Crippen molar-refractivity contribution in [2.75, 3.05) is 25.0 Å². The van der Waals surface area contributed by atoms with Crippen molar-refractivity contribution in [1.29, 1.82) is 0 Å². The van der Waals surface area contributed by atoms with E-state index in [4.69, 9.17) is 0 Å². The maximum Gasteiger partial charge on any atom is 0.405 e. The van der Waals surface area contributed by atoms with Crippen LogP contribution in [0.15, 0.2) is 18.2 Å². The molecule has 0 aliphatic carbocycles. The number of anilines is 1. The third kappa shape index (κ3) is 4.38. The monoisotopic (exact) mass is 278 g/mol. The SMILES string of the molecule is CCN(CC(F)(F)F)c1ccc(F)cc1C(C)NC. The van der Waals surface area contributed by atoms with Gasteiger partial charge in [-0.05, 0) is 44.7 Å². The largest absolute Gasteiger partial charge is 0.405 e. The van der Waals surface area contributed by atoms with Crippen molar-refractivity contribution >= 4 is 5.69 Å². The second-order valence-corrected chi connectivity index (χ2v) is 4.34. The van der Waals surface area contributed by atoms with E-state index in [1.54, 1.807) is 20.9 Å². The van der Waals surface area contributed by atoms with Crippen LogP contribution in [0.3, 0.4) is 0 Å². The molecule has 108 valence electrons. The van der Waals surface area contributed by atoms with E-state index < -0.39 is 18.5 Å². The minimum absolute atomic E-state index is 0.203. The Hall–Kier alpha value is -1.30. The molecule has 1 N–H and O–H groups in total. The molecule has 0 bridgehead atoms. The van der Waals surface area contributed by atoms with Gasteiger partial charge in [-0.1, -0.05) is 0 Å². The molecule has 0 aromatic heterocycles. The van der Waals surface area contributed by atoms with E-state index in [0.29, 0.717) is 11.3 Å². The average molecular weight is 278 g/mol. The minimum Gasteiger partial charge on any atom is -0.363 e. The zero-order chi connectivity index (χ0) is 14.6. The standard InChI is InChI=1S/C13H18F4N2/c1-4-19(8-13(15,16)17)12-6-5-10(14)7-11(12)9(2)18-3/h5-7,9,18H,4,8H2,1-3H3. The van der Waals surface area contributed by atoms with Crippen LogP contribution in [0.25, 0.3) is 0 Å². The second kappa shape index (κ2) is 6.23. The lowest BCUT2D eigenvalue weighted by Gasteiger charge is -2.28. The van der Waals surface area contributed by atoms with Gasteiger partial charge >= 0.3 is 6.18 Å². The van der Waals surface area contributed by atoms with Gasteiger partial charge in [-0.3, -0.25) is 0 Å². The number of alkyl halides is 3. The summed E-state index contributed by atoms with van der Waals surface area (Å²) in [6.07, 6.45) is -4.29. The number of hydrogen-bond donors (Lipinski definition) is 1. The lowest BCUT2D eigenvalue weighted by Crippen LogP contribution is -2.35. The molecule has 0 saturated carbocycles. The summed E-state index contributed by atoms with van der Waals surface area (Å²) in [5, 5.41) is 2.92. The molecule has 6 heteroatoms. The molecule has 0 fully saturated rings. The summed E-state index contributed by atoms with van der Waals surface area (Å²) in [5.41, 5.74) is 0.927. The van der Waals surface area contributed by atoms with Gasteiger partial charge in [0.1, 0.15) is 12.4 Å². The summed E-state index contributed by atoms with van der Waals surface area (Å²) in [6, 6.07) is 3.62. The van der Waals surface area contributed by atoms with Crippen LogP contribution in [0.2, 0.25) is 0 Å². The van der Waals surface area contributed by atoms with Crippen LogP contribution in [-0.4, -0.2) is 26.3 Å². The van der Waals surface area contributed by atoms with Crippen LogP contribution in [0, 0.1) is 5.82 Å². The maximum absolute atomic E-state index is 13.3. The number of halogens is 4. The van der Waals surface area contributed by atoms with E-state index in [1.165, 1.54) is 23.1 Å². The molecule has 19 heavy (non-hydrogen) atoms. The van der Waals surface area contributed by atoms with Crippen molar-refractivity contribution in [2.45, 2.75) is 26.1 Å². The Morgan fingerprint density at radius 3 is 2.42 bits per heavy atom. The molecule has 0 radical (unpaired) electrons. The van der Waals surface area contributed by atoms with E-state index in [0.717, 1.165) is 0 Å². The Morgan fingerprint density at radius 1 is 1.32 bits per heavy atom. The summed E-state index contributed by atoms with van der Waals surface area (Å²) in [7, 11) is 1.68. The van der Waals surface area contributed by atoms with E-state index in [9.17, 15) is 17.6 Å². The molecular weight excluding hydrogens is 260 g/mol. The number of hydrogen-bond acceptors (Lipinski definition) is 2. The molecule has 1 aromatic rings. The van der Waals surface area contributed by atoms with Gasteiger partial charge < -0.3 is 10.2 Å². The summed E-state index contributed by atoms with van der Waals surface area (Å²) in [6.45, 7) is 2.58. The van der Waals surface area contributed by atoms with Crippen LogP contribution in [0.5, 0.6) is 0 Å². The van der Waals surface area contributed by atoms with Crippen molar-refractivity contribution in [3.8, 4) is 0 Å². The number of rotatable bonds is 5. The molecule has 1 rings (SSSR count). The lowest BCUT2D eigenvalue weighted by atomic mass is 10.0. The Balaban J connectivity index is 3.15. The molecule has 0 heterocycles. The first kappa shape index (κ1) is 15.8. The number of nitrogens with zero attached hydrogens (tertiary/aromatic N) is 1. The first-order chi connectivity index (χ1) is 8.78. The van der Waals surface area contributed by atoms with Gasteiger partial charge in [0, 0.05) is 18.3 Å². The second-order valence-electron chi connectivity index (χ2n) is 4.34. The smallest absolute Gasteiger partial charge is 0.363 e. The fourth-order valence-electron chi connectivity index (χ4n) is 1.90. The van der Waals surface area contributed by atoms with Crippen LogP contribution in [0.4, 0.5) is 23.2 Å². The van der Waals surface area contributed by atoms with E-state index in [1.807, 2.05) is 0 Å². The fraction of sp³-hybridized carbons (Fsp3) is 0.538. The summed E-state index contributed by atoms with van der Waals surface area (Å²) in [4.78, 5) is 1.20. The van der Waals surface area contributed by atoms with Crippen LogP contribution in [-0.2, 0) is 0 Å². The van der Waals surface area contributed by atoms with Crippen LogP contribution >= 0.6 is 0 Å². The molecule has 1 unspecified atom stereocenters. The van der Waals surface area contributed by atoms with Crippen molar-refractivity contribution in [3.63, 3.8) is 0 Å². The predicted octanol–water partition coefficient (Wildman–Crippen LogP) is 3.49. The Labute approximate surface area is 110 Å². The van der Waals surface area contributed by atoms with Gasteiger partial charge in [-0.2, -0.15) is 13.2 Å². The molecule has 0 saturated heterocycles. The van der Waals surface area contributed by atoms with E-state index >= 15 is 0 Å². The average Bonchev–Trinajstić information content (AvgIpc) is 2.34. The highest BCUT2D eigenvalue weighted by Crippen LogP contribution is 2.29. The number of nitrogens with one attached hydrogen (secondary N) is 1. The van der Waals surface area contributed by atoms with Crippen molar-refractivity contribution in [2.24, 2.45) is 0 Å². The molecule has 0 aliphatic heterocycles. The molecule has 0 amide bonds. The van der Waals surface area contributed by atoms with Gasteiger partial charge in [0.2, 0.25) is 0 Å². The van der Waals surface area contributed by atoms with Crippen LogP contribution < -0.4 is 10.2 Å². The van der Waals surface area contributed by atoms with Gasteiger partial charge in [-0.15, -0.1) is 0 Å². The van der Waals surface area contributed by atoms with Crippen LogP contribution in [0.1, 0.15) is 25.5 Å². The summed E-state index contributed by atoms with van der Waals surface area (Å²) in [5.74, 6) is -0.455. The van der Waals surface area contributed by atoms with Gasteiger partial charge in [0.25, 0.3) is 0 Å².